The number of pyridine rings is 2. The molecular weight excluding hydrogens is 774 g/mol. The average Bonchev–Trinajstić information content (AvgIpc) is 3.59. The van der Waals surface area contributed by atoms with Crippen LogP contribution in [0.2, 0.25) is 0 Å². The van der Waals surface area contributed by atoms with E-state index in [0.717, 1.165) is 60.8 Å². The SMILES string of the molecule is CC(C)(C)c1ccnc(-c2[c-]c(Oc3[c-]c4c(cc3)c3ccccc3n4-c3cc(C(C)(C)C)ccn3)cc3c2oc2ccccc23)c1.[Pt+2]. The standard InChI is InChI=1S/C42H35N3O2.Pt/c1-41(2,3)26-17-19-43-35(21-26)34-24-29(23-33-32-12-8-10-14-38(32)47-40(33)34)46-28-15-16-31-30-11-7-9-13-36(30)45(37(31)25-28)39-22-27(18-20-44-39)42(4,5)6;/h7-23H,1-6H3;/q-2;+2. The monoisotopic (exact) mass is 808 g/mol. The molecule has 0 atom stereocenters. The maximum Gasteiger partial charge on any atom is 2.00 e. The molecule has 0 aliphatic heterocycles. The van der Waals surface area contributed by atoms with Crippen molar-refractivity contribution in [2.75, 3.05) is 0 Å². The van der Waals surface area contributed by atoms with E-state index in [1.165, 1.54) is 11.1 Å². The molecule has 0 saturated carbocycles. The van der Waals surface area contributed by atoms with Crippen molar-refractivity contribution in [1.82, 2.24) is 14.5 Å². The summed E-state index contributed by atoms with van der Waals surface area (Å²) in [6, 6.07) is 38.1. The molecule has 0 aliphatic rings. The zero-order valence-corrected chi connectivity index (χ0v) is 30.1. The topological polar surface area (TPSA) is 53.1 Å². The van der Waals surface area contributed by atoms with Crippen LogP contribution in [0.25, 0.3) is 60.8 Å². The summed E-state index contributed by atoms with van der Waals surface area (Å²) in [5.41, 5.74) is 7.41. The molecule has 0 bridgehead atoms. The van der Waals surface area contributed by atoms with Gasteiger partial charge in [-0.25, -0.2) is 4.98 Å². The third-order valence-electron chi connectivity index (χ3n) is 8.88. The molecule has 0 N–H and O–H groups in total. The molecule has 0 unspecified atom stereocenters. The van der Waals surface area contributed by atoms with Crippen LogP contribution in [-0.4, -0.2) is 14.5 Å². The molecule has 0 radical (unpaired) electrons. The van der Waals surface area contributed by atoms with Crippen molar-refractivity contribution in [1.29, 1.82) is 0 Å². The van der Waals surface area contributed by atoms with Crippen LogP contribution >= 0.6 is 0 Å². The third-order valence-corrected chi connectivity index (χ3v) is 8.88. The van der Waals surface area contributed by atoms with Crippen LogP contribution in [0.4, 0.5) is 0 Å². The Morgan fingerprint density at radius 3 is 2.10 bits per heavy atom. The summed E-state index contributed by atoms with van der Waals surface area (Å²) in [6.07, 6.45) is 3.75. The Kier molecular flexibility index (Phi) is 7.80. The predicted octanol–water partition coefficient (Wildman–Crippen LogP) is 11.1. The van der Waals surface area contributed by atoms with Gasteiger partial charge in [0, 0.05) is 34.8 Å². The van der Waals surface area contributed by atoms with E-state index in [9.17, 15) is 0 Å². The smallest absolute Gasteiger partial charge is 0.503 e. The van der Waals surface area contributed by atoms with Crippen molar-refractivity contribution in [3.8, 4) is 28.6 Å². The average molecular weight is 809 g/mol. The summed E-state index contributed by atoms with van der Waals surface area (Å²) in [5.74, 6) is 1.99. The van der Waals surface area contributed by atoms with Crippen LogP contribution in [-0.2, 0) is 31.9 Å². The minimum absolute atomic E-state index is 0. The van der Waals surface area contributed by atoms with Gasteiger partial charge in [-0.1, -0.05) is 113 Å². The summed E-state index contributed by atoms with van der Waals surface area (Å²) in [4.78, 5) is 9.58. The van der Waals surface area contributed by atoms with Gasteiger partial charge in [0.2, 0.25) is 0 Å². The van der Waals surface area contributed by atoms with Crippen molar-refractivity contribution >= 4 is 43.7 Å². The second kappa shape index (κ2) is 11.8. The van der Waals surface area contributed by atoms with Gasteiger partial charge >= 0.3 is 21.1 Å². The van der Waals surface area contributed by atoms with Crippen molar-refractivity contribution in [3.63, 3.8) is 0 Å². The molecule has 8 aromatic rings. The fourth-order valence-electron chi connectivity index (χ4n) is 6.31. The predicted molar refractivity (Wildman–Crippen MR) is 191 cm³/mol. The summed E-state index contributed by atoms with van der Waals surface area (Å²) < 4.78 is 15.2. The van der Waals surface area contributed by atoms with Gasteiger partial charge in [-0.2, -0.15) is 6.07 Å². The van der Waals surface area contributed by atoms with Crippen molar-refractivity contribution in [3.05, 3.63) is 127 Å². The van der Waals surface area contributed by atoms with Crippen LogP contribution in [0.5, 0.6) is 11.5 Å². The molecule has 4 aromatic heterocycles. The number of aromatic nitrogens is 3. The van der Waals surface area contributed by atoms with Gasteiger partial charge in [0.15, 0.2) is 0 Å². The molecule has 5 nitrogen and oxygen atoms in total. The molecule has 0 fully saturated rings. The fourth-order valence-corrected chi connectivity index (χ4v) is 6.31. The second-order valence-corrected chi connectivity index (χ2v) is 14.2. The van der Waals surface area contributed by atoms with E-state index in [-0.39, 0.29) is 31.9 Å². The van der Waals surface area contributed by atoms with Gasteiger partial charge in [0.1, 0.15) is 11.4 Å². The molecule has 48 heavy (non-hydrogen) atoms. The number of nitrogens with zero attached hydrogens (tertiary/aromatic N) is 3. The zero-order valence-electron chi connectivity index (χ0n) is 27.8. The Bertz CT molecular complexity index is 2480. The van der Waals surface area contributed by atoms with Crippen LogP contribution < -0.4 is 4.74 Å². The van der Waals surface area contributed by atoms with Crippen molar-refractivity contribution in [2.45, 2.75) is 52.4 Å². The summed E-state index contributed by atoms with van der Waals surface area (Å²) in [7, 11) is 0. The molecule has 4 heterocycles. The van der Waals surface area contributed by atoms with Gasteiger partial charge in [-0.15, -0.1) is 17.5 Å². The van der Waals surface area contributed by atoms with Gasteiger partial charge in [0.05, 0.1) is 5.58 Å². The number of rotatable bonds is 4. The summed E-state index contributed by atoms with van der Waals surface area (Å²) in [6.45, 7) is 13.3. The van der Waals surface area contributed by atoms with Gasteiger partial charge in [0.25, 0.3) is 0 Å². The number of hydrogen-bond acceptors (Lipinski definition) is 4. The molecule has 4 aromatic carbocycles. The first-order valence-electron chi connectivity index (χ1n) is 16.0. The molecule has 240 valence electrons. The van der Waals surface area contributed by atoms with Gasteiger partial charge in [-0.3, -0.25) is 0 Å². The second-order valence-electron chi connectivity index (χ2n) is 14.2. The minimum Gasteiger partial charge on any atom is -0.503 e. The number of benzene rings is 4. The Morgan fingerprint density at radius 2 is 1.33 bits per heavy atom. The Morgan fingerprint density at radius 1 is 0.646 bits per heavy atom. The van der Waals surface area contributed by atoms with Crippen LogP contribution in [0.15, 0.2) is 108 Å². The van der Waals surface area contributed by atoms with E-state index < -0.39 is 0 Å². The molecule has 0 aliphatic carbocycles. The van der Waals surface area contributed by atoms with E-state index in [1.807, 2.05) is 42.7 Å². The van der Waals surface area contributed by atoms with Crippen molar-refractivity contribution < 1.29 is 30.2 Å². The van der Waals surface area contributed by atoms with Crippen molar-refractivity contribution in [2.24, 2.45) is 0 Å². The molecule has 6 heteroatoms. The third kappa shape index (κ3) is 5.50. The summed E-state index contributed by atoms with van der Waals surface area (Å²) >= 11 is 0. The Balaban J connectivity index is 0.00000364. The first-order valence-corrected chi connectivity index (χ1v) is 16.0. The molecular formula is C42H35N3O2Pt. The van der Waals surface area contributed by atoms with E-state index in [4.69, 9.17) is 19.1 Å². The largest absolute Gasteiger partial charge is 2.00 e. The first kappa shape index (κ1) is 31.8. The Hall–Kier alpha value is -4.73. The number of furan rings is 1. The van der Waals surface area contributed by atoms with E-state index in [2.05, 4.69) is 119 Å². The quantitative estimate of drug-likeness (QED) is 0.166. The molecule has 0 saturated heterocycles. The van der Waals surface area contributed by atoms with E-state index in [0.29, 0.717) is 11.5 Å². The number of ether oxygens (including phenoxy) is 1. The van der Waals surface area contributed by atoms with Crippen LogP contribution in [0.1, 0.15) is 52.7 Å². The van der Waals surface area contributed by atoms with E-state index >= 15 is 0 Å². The molecule has 8 rings (SSSR count). The normalized spacial score (nSPS) is 12.2. The molecule has 0 amide bonds. The maximum absolute atomic E-state index is 6.62. The first-order chi connectivity index (χ1) is 22.5. The number of hydrogen-bond donors (Lipinski definition) is 0. The van der Waals surface area contributed by atoms with Crippen LogP contribution in [0, 0.1) is 12.1 Å². The maximum atomic E-state index is 6.62. The van der Waals surface area contributed by atoms with Crippen LogP contribution in [0.3, 0.4) is 0 Å². The van der Waals surface area contributed by atoms with E-state index in [1.54, 1.807) is 0 Å². The fraction of sp³-hybridized carbons (Fsp3) is 0.190. The van der Waals surface area contributed by atoms with Gasteiger partial charge in [-0.05, 0) is 63.4 Å². The number of para-hydroxylation sites is 2. The Labute approximate surface area is 294 Å². The number of fused-ring (bicyclic) bond motifs is 6. The van der Waals surface area contributed by atoms with Gasteiger partial charge < -0.3 is 18.7 Å². The molecule has 0 spiro atoms. The summed E-state index contributed by atoms with van der Waals surface area (Å²) in [5, 5.41) is 4.18. The minimum atomic E-state index is -0.0388. The zero-order chi connectivity index (χ0) is 32.5.